The van der Waals surface area contributed by atoms with Crippen molar-refractivity contribution in [3.63, 3.8) is 0 Å². The molecule has 0 spiro atoms. The van der Waals surface area contributed by atoms with Gasteiger partial charge in [-0.2, -0.15) is 5.26 Å². The number of nitro groups is 1. The number of rotatable bonds is 5. The van der Waals surface area contributed by atoms with Gasteiger partial charge in [-0.05, 0) is 38.1 Å². The Hall–Kier alpha value is -3.67. The number of carbonyl (C=O) groups excluding carboxylic acids is 1. The number of carbonyl (C=O) groups is 1. The SMILES string of the molecule is CC(C)NC(=O)c1ccc(N2CCN(c3ncccc3C#N)CC2)c([N+](=O)[O-])c1. The predicted molar refractivity (Wildman–Crippen MR) is 109 cm³/mol. The number of hydrogen-bond donors (Lipinski definition) is 1. The number of pyridine rings is 1. The highest BCUT2D eigenvalue weighted by atomic mass is 16.6. The van der Waals surface area contributed by atoms with Gasteiger partial charge in [0.15, 0.2) is 0 Å². The van der Waals surface area contributed by atoms with Crippen molar-refractivity contribution in [3.05, 3.63) is 57.8 Å². The zero-order valence-electron chi connectivity index (χ0n) is 16.3. The molecule has 3 rings (SSSR count). The zero-order chi connectivity index (χ0) is 21.0. The van der Waals surface area contributed by atoms with E-state index in [2.05, 4.69) is 16.4 Å². The van der Waals surface area contributed by atoms with Gasteiger partial charge < -0.3 is 15.1 Å². The molecule has 1 aliphatic rings. The maximum absolute atomic E-state index is 12.2. The molecule has 0 radical (unpaired) electrons. The lowest BCUT2D eigenvalue weighted by Crippen LogP contribution is -2.47. The molecule has 1 fully saturated rings. The van der Waals surface area contributed by atoms with Crippen LogP contribution in [-0.2, 0) is 0 Å². The van der Waals surface area contributed by atoms with Crippen LogP contribution in [0, 0.1) is 21.4 Å². The van der Waals surface area contributed by atoms with E-state index in [1.54, 1.807) is 30.5 Å². The Morgan fingerprint density at radius 3 is 2.55 bits per heavy atom. The van der Waals surface area contributed by atoms with E-state index in [0.29, 0.717) is 43.2 Å². The summed E-state index contributed by atoms with van der Waals surface area (Å²) in [7, 11) is 0. The molecule has 2 heterocycles. The fourth-order valence-electron chi connectivity index (χ4n) is 3.32. The zero-order valence-corrected chi connectivity index (χ0v) is 16.3. The summed E-state index contributed by atoms with van der Waals surface area (Å²) in [5.74, 6) is 0.295. The van der Waals surface area contributed by atoms with Crippen LogP contribution >= 0.6 is 0 Å². The van der Waals surface area contributed by atoms with E-state index in [9.17, 15) is 20.2 Å². The third-order valence-corrected chi connectivity index (χ3v) is 4.68. The van der Waals surface area contributed by atoms with Crippen molar-refractivity contribution in [1.29, 1.82) is 5.26 Å². The van der Waals surface area contributed by atoms with E-state index in [1.807, 2.05) is 23.6 Å². The van der Waals surface area contributed by atoms with Crippen molar-refractivity contribution < 1.29 is 9.72 Å². The number of nitriles is 1. The second-order valence-electron chi connectivity index (χ2n) is 7.05. The highest BCUT2D eigenvalue weighted by Crippen LogP contribution is 2.31. The Morgan fingerprint density at radius 1 is 1.24 bits per heavy atom. The van der Waals surface area contributed by atoms with Gasteiger partial charge in [0.1, 0.15) is 17.6 Å². The highest BCUT2D eigenvalue weighted by Gasteiger charge is 2.26. The van der Waals surface area contributed by atoms with Gasteiger partial charge in [-0.1, -0.05) is 0 Å². The van der Waals surface area contributed by atoms with E-state index in [-0.39, 0.29) is 23.2 Å². The predicted octanol–water partition coefficient (Wildman–Crippen LogP) is 2.33. The topological polar surface area (TPSA) is 115 Å². The monoisotopic (exact) mass is 394 g/mol. The van der Waals surface area contributed by atoms with Gasteiger partial charge in [0.25, 0.3) is 11.6 Å². The molecule has 1 aliphatic heterocycles. The molecule has 0 unspecified atom stereocenters. The van der Waals surface area contributed by atoms with Crippen LogP contribution in [0.25, 0.3) is 0 Å². The summed E-state index contributed by atoms with van der Waals surface area (Å²) in [5, 5.41) is 23.6. The fourth-order valence-corrected chi connectivity index (χ4v) is 3.32. The molecule has 150 valence electrons. The molecule has 9 heteroatoms. The minimum Gasteiger partial charge on any atom is -0.362 e. The average molecular weight is 394 g/mol. The van der Waals surface area contributed by atoms with Crippen LogP contribution in [0.15, 0.2) is 36.5 Å². The first-order valence-corrected chi connectivity index (χ1v) is 9.35. The standard InChI is InChI=1S/C20H22N6O3/c1-14(2)23-20(27)15-5-6-17(18(12-15)26(28)29)24-8-10-25(11-9-24)19-16(13-21)4-3-7-22-19/h3-7,12,14H,8-11H2,1-2H3,(H,23,27). The van der Waals surface area contributed by atoms with Gasteiger partial charge in [0.05, 0.1) is 10.5 Å². The van der Waals surface area contributed by atoms with E-state index in [4.69, 9.17) is 0 Å². The summed E-state index contributed by atoms with van der Waals surface area (Å²) in [4.78, 5) is 31.6. The van der Waals surface area contributed by atoms with Crippen molar-refractivity contribution in [2.75, 3.05) is 36.0 Å². The Balaban J connectivity index is 1.79. The lowest BCUT2D eigenvalue weighted by Gasteiger charge is -2.36. The maximum Gasteiger partial charge on any atom is 0.293 e. The Labute approximate surface area is 168 Å². The number of anilines is 2. The van der Waals surface area contributed by atoms with Crippen molar-refractivity contribution >= 4 is 23.1 Å². The third-order valence-electron chi connectivity index (χ3n) is 4.68. The lowest BCUT2D eigenvalue weighted by atomic mass is 10.1. The van der Waals surface area contributed by atoms with E-state index < -0.39 is 4.92 Å². The largest absolute Gasteiger partial charge is 0.362 e. The smallest absolute Gasteiger partial charge is 0.293 e. The Bertz CT molecular complexity index is 961. The fraction of sp³-hybridized carbons (Fsp3) is 0.350. The second kappa shape index (κ2) is 8.56. The van der Waals surface area contributed by atoms with Crippen LogP contribution in [0.3, 0.4) is 0 Å². The van der Waals surface area contributed by atoms with Crippen LogP contribution in [0.5, 0.6) is 0 Å². The summed E-state index contributed by atoms with van der Waals surface area (Å²) in [6, 6.07) is 10.1. The lowest BCUT2D eigenvalue weighted by molar-refractivity contribution is -0.384. The number of piperazine rings is 1. The molecule has 9 nitrogen and oxygen atoms in total. The minimum absolute atomic E-state index is 0.0563. The Morgan fingerprint density at radius 2 is 1.93 bits per heavy atom. The van der Waals surface area contributed by atoms with Crippen molar-refractivity contribution in [2.45, 2.75) is 19.9 Å². The summed E-state index contributed by atoms with van der Waals surface area (Å²) < 4.78 is 0. The first kappa shape index (κ1) is 20.1. The number of hydrogen-bond acceptors (Lipinski definition) is 7. The molecule has 0 bridgehead atoms. The molecule has 1 aromatic carbocycles. The molecular weight excluding hydrogens is 372 g/mol. The van der Waals surface area contributed by atoms with Gasteiger partial charge in [-0.3, -0.25) is 14.9 Å². The summed E-state index contributed by atoms with van der Waals surface area (Å²) in [6.07, 6.45) is 1.65. The van der Waals surface area contributed by atoms with Crippen molar-refractivity contribution in [1.82, 2.24) is 10.3 Å². The molecule has 0 atom stereocenters. The van der Waals surface area contributed by atoms with Crippen LogP contribution in [0.1, 0.15) is 29.8 Å². The molecule has 1 N–H and O–H groups in total. The normalized spacial score (nSPS) is 13.9. The second-order valence-corrected chi connectivity index (χ2v) is 7.05. The molecule has 0 aliphatic carbocycles. The molecule has 1 amide bonds. The quantitative estimate of drug-likeness (QED) is 0.611. The molecule has 29 heavy (non-hydrogen) atoms. The molecule has 1 saturated heterocycles. The number of benzene rings is 1. The summed E-state index contributed by atoms with van der Waals surface area (Å²) >= 11 is 0. The average Bonchev–Trinajstić information content (AvgIpc) is 2.73. The Kier molecular flexibility index (Phi) is 5.93. The summed E-state index contributed by atoms with van der Waals surface area (Å²) in [6.45, 7) is 5.91. The van der Waals surface area contributed by atoms with Crippen LogP contribution < -0.4 is 15.1 Å². The van der Waals surface area contributed by atoms with Crippen LogP contribution in [-0.4, -0.2) is 48.0 Å². The minimum atomic E-state index is -0.458. The van der Waals surface area contributed by atoms with Gasteiger partial charge in [0.2, 0.25) is 0 Å². The van der Waals surface area contributed by atoms with Crippen molar-refractivity contribution in [2.24, 2.45) is 0 Å². The molecule has 0 saturated carbocycles. The summed E-state index contributed by atoms with van der Waals surface area (Å²) in [5.41, 5.74) is 1.16. The van der Waals surface area contributed by atoms with E-state index >= 15 is 0 Å². The molecule has 1 aromatic heterocycles. The number of nitrogens with zero attached hydrogens (tertiary/aromatic N) is 5. The van der Waals surface area contributed by atoms with E-state index in [0.717, 1.165) is 0 Å². The highest BCUT2D eigenvalue weighted by molar-refractivity contribution is 5.96. The van der Waals surface area contributed by atoms with Crippen molar-refractivity contribution in [3.8, 4) is 6.07 Å². The molecular formula is C20H22N6O3. The first-order valence-electron chi connectivity index (χ1n) is 9.35. The van der Waals surface area contributed by atoms with Crippen LogP contribution in [0.4, 0.5) is 17.2 Å². The third kappa shape index (κ3) is 4.43. The van der Waals surface area contributed by atoms with Gasteiger partial charge >= 0.3 is 0 Å². The van der Waals surface area contributed by atoms with Gasteiger partial charge in [-0.25, -0.2) is 4.98 Å². The number of aromatic nitrogens is 1. The van der Waals surface area contributed by atoms with Gasteiger partial charge in [0, 0.05) is 50.0 Å². The number of nitrogens with one attached hydrogen (secondary N) is 1. The number of nitro benzene ring substituents is 1. The maximum atomic E-state index is 12.2. The molecule has 2 aromatic rings. The first-order chi connectivity index (χ1) is 13.9. The van der Waals surface area contributed by atoms with Crippen LogP contribution in [0.2, 0.25) is 0 Å². The van der Waals surface area contributed by atoms with Gasteiger partial charge in [-0.15, -0.1) is 0 Å². The number of amides is 1. The van der Waals surface area contributed by atoms with E-state index in [1.165, 1.54) is 6.07 Å².